The summed E-state index contributed by atoms with van der Waals surface area (Å²) in [6, 6.07) is 0. The number of ether oxygens (including phenoxy) is 15. The van der Waals surface area contributed by atoms with Crippen molar-refractivity contribution in [3.05, 3.63) is 0 Å². The molecule has 0 saturated carbocycles. The van der Waals surface area contributed by atoms with E-state index in [0.717, 1.165) is 58.7 Å². The first-order valence-corrected chi connectivity index (χ1v) is 34.2. The molecule has 0 saturated heterocycles. The quantitative estimate of drug-likeness (QED) is 0.0533. The molecule has 0 aromatic carbocycles. The molecule has 82 heavy (non-hydrogen) atoms. The van der Waals surface area contributed by atoms with Crippen molar-refractivity contribution in [3.63, 3.8) is 0 Å². The Morgan fingerprint density at radius 1 is 0.134 bits per heavy atom. The lowest BCUT2D eigenvalue weighted by Gasteiger charge is -2.22. The predicted octanol–water partition coefficient (Wildman–Crippen LogP) is 13.3. The van der Waals surface area contributed by atoms with Crippen LogP contribution in [0.1, 0.15) is 213 Å². The molecular formula is C66H135NO15. The lowest BCUT2D eigenvalue weighted by Crippen LogP contribution is -2.34. The third kappa shape index (κ3) is 75.5. The summed E-state index contributed by atoms with van der Waals surface area (Å²) in [5.74, 6) is 0. The second-order valence-electron chi connectivity index (χ2n) is 21.6. The van der Waals surface area contributed by atoms with E-state index in [2.05, 4.69) is 25.7 Å². The molecule has 0 radical (unpaired) electrons. The molecule has 0 N–H and O–H groups in total. The van der Waals surface area contributed by atoms with Crippen molar-refractivity contribution in [1.29, 1.82) is 0 Å². The van der Waals surface area contributed by atoms with Crippen molar-refractivity contribution in [3.8, 4) is 0 Å². The van der Waals surface area contributed by atoms with Gasteiger partial charge in [-0.1, -0.05) is 194 Å². The first-order chi connectivity index (χ1) is 40.8. The highest BCUT2D eigenvalue weighted by Gasteiger charge is 2.07. The fourth-order valence-corrected chi connectivity index (χ4v) is 8.94. The van der Waals surface area contributed by atoms with E-state index in [1.165, 1.54) is 173 Å². The number of hydrogen-bond acceptors (Lipinski definition) is 16. The molecule has 0 unspecified atom stereocenters. The van der Waals surface area contributed by atoms with Gasteiger partial charge in [0, 0.05) is 39.5 Å². The zero-order valence-corrected chi connectivity index (χ0v) is 54.1. The second-order valence-corrected chi connectivity index (χ2v) is 21.6. The minimum atomic E-state index is 0.518. The van der Waals surface area contributed by atoms with Gasteiger partial charge >= 0.3 is 0 Å². The van der Waals surface area contributed by atoms with Gasteiger partial charge in [0.1, 0.15) is 0 Å². The average molecular weight is 1180 g/mol. The molecule has 0 heterocycles. The summed E-state index contributed by atoms with van der Waals surface area (Å²) in [5, 5.41) is 0. The normalized spacial score (nSPS) is 11.9. The van der Waals surface area contributed by atoms with Crippen LogP contribution in [-0.4, -0.2) is 223 Å². The third-order valence-corrected chi connectivity index (χ3v) is 14.0. The van der Waals surface area contributed by atoms with Crippen molar-refractivity contribution in [1.82, 2.24) is 4.90 Å². The zero-order chi connectivity index (χ0) is 58.7. The molecule has 16 nitrogen and oxygen atoms in total. The summed E-state index contributed by atoms with van der Waals surface area (Å²) >= 11 is 0. The maximum absolute atomic E-state index is 5.91. The van der Waals surface area contributed by atoms with Crippen LogP contribution >= 0.6 is 0 Å². The van der Waals surface area contributed by atoms with Gasteiger partial charge in [-0.3, -0.25) is 4.90 Å². The van der Waals surface area contributed by atoms with Gasteiger partial charge in [0.05, 0.1) is 178 Å². The standard InChI is InChI=1S/C66H135NO15/c1-4-7-10-13-16-19-22-25-28-31-37-68-43-49-74-55-61-80-64-58-77-52-46-71-40-34-67(35-41-72-47-53-78-59-65-81-62-56-75-50-44-69-38-32-29-26-23-20-17-14-11-8-5-2)36-42-73-48-54-79-60-66-82-63-57-76-51-45-70-39-33-30-27-24-21-18-15-12-9-6-3/h4-66H2,1-3H3. The molecule has 494 valence electrons. The highest BCUT2D eigenvalue weighted by atomic mass is 16.6. The summed E-state index contributed by atoms with van der Waals surface area (Å²) in [7, 11) is 0. The first-order valence-electron chi connectivity index (χ1n) is 34.2. The van der Waals surface area contributed by atoms with Crippen LogP contribution in [0.3, 0.4) is 0 Å². The molecule has 0 spiro atoms. The maximum Gasteiger partial charge on any atom is 0.0701 e. The summed E-state index contributed by atoms with van der Waals surface area (Å²) in [5.41, 5.74) is 0. The van der Waals surface area contributed by atoms with E-state index in [0.29, 0.717) is 178 Å². The molecule has 0 aliphatic heterocycles. The van der Waals surface area contributed by atoms with Crippen LogP contribution < -0.4 is 0 Å². The van der Waals surface area contributed by atoms with Crippen LogP contribution in [0.25, 0.3) is 0 Å². The van der Waals surface area contributed by atoms with E-state index in [-0.39, 0.29) is 0 Å². The first kappa shape index (κ1) is 81.4. The van der Waals surface area contributed by atoms with Gasteiger partial charge < -0.3 is 71.1 Å². The Labute approximate surface area is 505 Å². The summed E-state index contributed by atoms with van der Waals surface area (Å²) in [6.45, 7) is 26.6. The van der Waals surface area contributed by atoms with Gasteiger partial charge in [-0.05, 0) is 19.3 Å². The summed E-state index contributed by atoms with van der Waals surface area (Å²) < 4.78 is 86.0. The number of rotatable bonds is 78. The van der Waals surface area contributed by atoms with Crippen LogP contribution in [0.2, 0.25) is 0 Å². The maximum atomic E-state index is 5.91. The average Bonchev–Trinajstić information content (AvgIpc) is 3.48. The monoisotopic (exact) mass is 1180 g/mol. The SMILES string of the molecule is CCCCCCCCCCCCOCCOCCOCCOCCOCCN(CCOCCOCCOCCOCCOCCCCCCCCCCCC)CCOCCOCCOCCOCCOCCCCCCCCCCCC. The van der Waals surface area contributed by atoms with E-state index in [1.807, 2.05) is 0 Å². The summed E-state index contributed by atoms with van der Waals surface area (Å²) in [6.07, 6.45) is 40.1. The Hall–Kier alpha value is -0.640. The highest BCUT2D eigenvalue weighted by Crippen LogP contribution is 2.13. The number of unbranched alkanes of at least 4 members (excludes halogenated alkanes) is 27. The Morgan fingerprint density at radius 2 is 0.256 bits per heavy atom. The van der Waals surface area contributed by atoms with E-state index >= 15 is 0 Å². The lowest BCUT2D eigenvalue weighted by atomic mass is 10.1. The second kappa shape index (κ2) is 78.4. The van der Waals surface area contributed by atoms with Crippen molar-refractivity contribution in [2.75, 3.05) is 218 Å². The van der Waals surface area contributed by atoms with Crippen molar-refractivity contribution in [2.45, 2.75) is 213 Å². The van der Waals surface area contributed by atoms with Gasteiger partial charge in [-0.2, -0.15) is 0 Å². The third-order valence-electron chi connectivity index (χ3n) is 14.0. The van der Waals surface area contributed by atoms with E-state index in [4.69, 9.17) is 71.1 Å². The van der Waals surface area contributed by atoms with Crippen LogP contribution in [0, 0.1) is 0 Å². The van der Waals surface area contributed by atoms with Gasteiger partial charge in [-0.25, -0.2) is 0 Å². The van der Waals surface area contributed by atoms with Crippen molar-refractivity contribution >= 4 is 0 Å². The van der Waals surface area contributed by atoms with Gasteiger partial charge in [0.15, 0.2) is 0 Å². The van der Waals surface area contributed by atoms with Gasteiger partial charge in [-0.15, -0.1) is 0 Å². The van der Waals surface area contributed by atoms with Crippen LogP contribution in [0.5, 0.6) is 0 Å². The van der Waals surface area contributed by atoms with Gasteiger partial charge in [0.25, 0.3) is 0 Å². The molecular weight excluding hydrogens is 1050 g/mol. The van der Waals surface area contributed by atoms with Crippen LogP contribution in [0.15, 0.2) is 0 Å². The van der Waals surface area contributed by atoms with E-state index in [1.54, 1.807) is 0 Å². The molecule has 0 aromatic rings. The zero-order valence-electron chi connectivity index (χ0n) is 54.1. The molecule has 16 heteroatoms. The van der Waals surface area contributed by atoms with Crippen molar-refractivity contribution in [2.24, 2.45) is 0 Å². The smallest absolute Gasteiger partial charge is 0.0701 e. The Balaban J connectivity index is 4.00. The number of hydrogen-bond donors (Lipinski definition) is 0. The fraction of sp³-hybridized carbons (Fsp3) is 1.00. The number of nitrogens with zero attached hydrogens (tertiary/aromatic N) is 1. The van der Waals surface area contributed by atoms with Gasteiger partial charge in [0.2, 0.25) is 0 Å². The van der Waals surface area contributed by atoms with Crippen molar-refractivity contribution < 1.29 is 71.1 Å². The Morgan fingerprint density at radius 3 is 0.415 bits per heavy atom. The fourth-order valence-electron chi connectivity index (χ4n) is 8.94. The molecule has 0 amide bonds. The minimum absolute atomic E-state index is 0.518. The van der Waals surface area contributed by atoms with Crippen LogP contribution in [0.4, 0.5) is 0 Å². The molecule has 0 bridgehead atoms. The minimum Gasteiger partial charge on any atom is -0.379 e. The van der Waals surface area contributed by atoms with E-state index in [9.17, 15) is 0 Å². The molecule has 0 atom stereocenters. The highest BCUT2D eigenvalue weighted by molar-refractivity contribution is 4.58. The van der Waals surface area contributed by atoms with Crippen LogP contribution in [-0.2, 0) is 71.1 Å². The molecule has 0 aromatic heterocycles. The predicted molar refractivity (Wildman–Crippen MR) is 334 cm³/mol. The largest absolute Gasteiger partial charge is 0.379 e. The Bertz CT molecular complexity index is 962. The topological polar surface area (TPSA) is 142 Å². The lowest BCUT2D eigenvalue weighted by molar-refractivity contribution is -0.0193. The van der Waals surface area contributed by atoms with E-state index < -0.39 is 0 Å². The summed E-state index contributed by atoms with van der Waals surface area (Å²) in [4.78, 5) is 2.30. The molecule has 0 fully saturated rings. The molecule has 0 aliphatic rings. The molecule has 0 rings (SSSR count). The molecule has 0 aliphatic carbocycles. The Kier molecular flexibility index (Phi) is 77.8.